The van der Waals surface area contributed by atoms with E-state index in [4.69, 9.17) is 0 Å². The summed E-state index contributed by atoms with van der Waals surface area (Å²) in [6.07, 6.45) is 4.42. The SMILES string of the molecule is CN(C(=O)[C@@H]1C[C@H]1c1cnn(C)c1)c1ccc(F)c(F)c1. The van der Waals surface area contributed by atoms with Gasteiger partial charge in [-0.05, 0) is 30.0 Å². The van der Waals surface area contributed by atoms with Crippen molar-refractivity contribution in [3.05, 3.63) is 47.8 Å². The van der Waals surface area contributed by atoms with Crippen molar-refractivity contribution in [2.75, 3.05) is 11.9 Å². The third-order valence-corrected chi connectivity index (χ3v) is 3.88. The van der Waals surface area contributed by atoms with E-state index < -0.39 is 11.6 Å². The number of hydrogen-bond donors (Lipinski definition) is 0. The van der Waals surface area contributed by atoms with E-state index in [1.165, 1.54) is 11.0 Å². The zero-order chi connectivity index (χ0) is 15.1. The van der Waals surface area contributed by atoms with Gasteiger partial charge in [0.1, 0.15) is 0 Å². The normalized spacial score (nSPS) is 20.4. The Balaban J connectivity index is 1.72. The predicted octanol–water partition coefficient (Wildman–Crippen LogP) is 2.46. The first kappa shape index (κ1) is 13.7. The topological polar surface area (TPSA) is 38.1 Å². The van der Waals surface area contributed by atoms with E-state index in [-0.39, 0.29) is 17.7 Å². The Morgan fingerprint density at radius 2 is 2.14 bits per heavy atom. The molecule has 6 heteroatoms. The number of rotatable bonds is 3. The maximum absolute atomic E-state index is 13.2. The number of amides is 1. The predicted molar refractivity (Wildman–Crippen MR) is 73.8 cm³/mol. The second kappa shape index (κ2) is 4.95. The highest BCUT2D eigenvalue weighted by molar-refractivity contribution is 5.97. The van der Waals surface area contributed by atoms with Gasteiger partial charge in [-0.3, -0.25) is 9.48 Å². The minimum absolute atomic E-state index is 0.0881. The molecule has 1 fully saturated rings. The Morgan fingerprint density at radius 1 is 1.38 bits per heavy atom. The molecule has 1 amide bonds. The molecule has 4 nitrogen and oxygen atoms in total. The average Bonchev–Trinajstić information content (AvgIpc) is 3.15. The Kier molecular flexibility index (Phi) is 3.23. The molecular weight excluding hydrogens is 276 g/mol. The van der Waals surface area contributed by atoms with Crippen LogP contribution >= 0.6 is 0 Å². The first-order valence-corrected chi connectivity index (χ1v) is 6.68. The lowest BCUT2D eigenvalue weighted by Gasteiger charge is -2.17. The first-order chi connectivity index (χ1) is 9.97. The summed E-state index contributed by atoms with van der Waals surface area (Å²) >= 11 is 0. The number of carbonyl (C=O) groups is 1. The fourth-order valence-corrected chi connectivity index (χ4v) is 2.54. The van der Waals surface area contributed by atoms with Gasteiger partial charge in [0.15, 0.2) is 11.6 Å². The zero-order valence-electron chi connectivity index (χ0n) is 11.8. The molecule has 2 aromatic rings. The highest BCUT2D eigenvalue weighted by Gasteiger charge is 2.46. The number of nitrogens with zero attached hydrogens (tertiary/aromatic N) is 3. The van der Waals surface area contributed by atoms with Crippen LogP contribution in [0.4, 0.5) is 14.5 Å². The van der Waals surface area contributed by atoms with E-state index in [9.17, 15) is 13.6 Å². The number of hydrogen-bond acceptors (Lipinski definition) is 2. The zero-order valence-corrected chi connectivity index (χ0v) is 11.8. The van der Waals surface area contributed by atoms with Crippen LogP contribution in [-0.2, 0) is 11.8 Å². The van der Waals surface area contributed by atoms with Gasteiger partial charge in [0.25, 0.3) is 0 Å². The quantitative estimate of drug-likeness (QED) is 0.871. The summed E-state index contributed by atoms with van der Waals surface area (Å²) in [5.74, 6) is -1.91. The first-order valence-electron chi connectivity index (χ1n) is 6.68. The van der Waals surface area contributed by atoms with E-state index in [1.54, 1.807) is 17.9 Å². The lowest BCUT2D eigenvalue weighted by Crippen LogP contribution is -2.28. The second-order valence-corrected chi connectivity index (χ2v) is 5.39. The van der Waals surface area contributed by atoms with Gasteiger partial charge in [0.05, 0.1) is 6.20 Å². The number of aromatic nitrogens is 2. The van der Waals surface area contributed by atoms with Crippen molar-refractivity contribution in [2.24, 2.45) is 13.0 Å². The summed E-state index contributed by atoms with van der Waals surface area (Å²) in [6, 6.07) is 3.46. The van der Waals surface area contributed by atoms with Crippen LogP contribution in [0.15, 0.2) is 30.6 Å². The van der Waals surface area contributed by atoms with Crippen LogP contribution in [0.1, 0.15) is 17.9 Å². The van der Waals surface area contributed by atoms with Gasteiger partial charge in [0, 0.05) is 38.0 Å². The molecule has 3 rings (SSSR count). The minimum Gasteiger partial charge on any atom is -0.315 e. The van der Waals surface area contributed by atoms with E-state index >= 15 is 0 Å². The van der Waals surface area contributed by atoms with E-state index in [0.29, 0.717) is 5.69 Å². The maximum Gasteiger partial charge on any atom is 0.230 e. The molecule has 0 radical (unpaired) electrons. The summed E-state index contributed by atoms with van der Waals surface area (Å²) in [7, 11) is 3.41. The molecule has 1 saturated carbocycles. The Labute approximate surface area is 121 Å². The fourth-order valence-electron chi connectivity index (χ4n) is 2.54. The minimum atomic E-state index is -0.952. The number of anilines is 1. The van der Waals surface area contributed by atoms with Crippen LogP contribution in [0.3, 0.4) is 0 Å². The van der Waals surface area contributed by atoms with Crippen LogP contribution < -0.4 is 4.90 Å². The van der Waals surface area contributed by atoms with Crippen LogP contribution in [0.25, 0.3) is 0 Å². The summed E-state index contributed by atoms with van der Waals surface area (Å²) in [6.45, 7) is 0. The molecule has 0 bridgehead atoms. The number of benzene rings is 1. The molecule has 0 spiro atoms. The summed E-state index contributed by atoms with van der Waals surface area (Å²) in [5, 5.41) is 4.10. The van der Waals surface area contributed by atoms with Gasteiger partial charge in [0.2, 0.25) is 5.91 Å². The largest absolute Gasteiger partial charge is 0.315 e. The van der Waals surface area contributed by atoms with Crippen molar-refractivity contribution in [2.45, 2.75) is 12.3 Å². The van der Waals surface area contributed by atoms with Crippen molar-refractivity contribution >= 4 is 11.6 Å². The monoisotopic (exact) mass is 291 g/mol. The van der Waals surface area contributed by atoms with E-state index in [0.717, 1.165) is 24.1 Å². The Morgan fingerprint density at radius 3 is 2.76 bits per heavy atom. The van der Waals surface area contributed by atoms with Crippen LogP contribution in [0.2, 0.25) is 0 Å². The third kappa shape index (κ3) is 2.53. The smallest absolute Gasteiger partial charge is 0.230 e. The average molecular weight is 291 g/mol. The van der Waals surface area contributed by atoms with Crippen LogP contribution in [0.5, 0.6) is 0 Å². The fraction of sp³-hybridized carbons (Fsp3) is 0.333. The van der Waals surface area contributed by atoms with Crippen molar-refractivity contribution in [3.8, 4) is 0 Å². The lowest BCUT2D eigenvalue weighted by atomic mass is 10.2. The number of carbonyl (C=O) groups excluding carboxylic acids is 1. The molecule has 0 unspecified atom stereocenters. The highest BCUT2D eigenvalue weighted by atomic mass is 19.2. The van der Waals surface area contributed by atoms with Gasteiger partial charge >= 0.3 is 0 Å². The molecule has 2 atom stereocenters. The van der Waals surface area contributed by atoms with Crippen LogP contribution in [-0.4, -0.2) is 22.7 Å². The number of halogens is 2. The van der Waals surface area contributed by atoms with E-state index in [1.807, 2.05) is 13.2 Å². The molecule has 1 aliphatic carbocycles. The van der Waals surface area contributed by atoms with E-state index in [2.05, 4.69) is 5.10 Å². The Hall–Kier alpha value is -2.24. The standard InChI is InChI=1S/C15H15F2N3O/c1-19-8-9(7-18-19)11-6-12(11)15(21)20(2)10-3-4-13(16)14(17)5-10/h3-5,7-8,11-12H,6H2,1-2H3/t11-,12+/m0/s1. The summed E-state index contributed by atoms with van der Waals surface area (Å²) < 4.78 is 27.9. The molecule has 21 heavy (non-hydrogen) atoms. The summed E-state index contributed by atoms with van der Waals surface area (Å²) in [5.41, 5.74) is 1.39. The van der Waals surface area contributed by atoms with Crippen molar-refractivity contribution in [1.82, 2.24) is 9.78 Å². The van der Waals surface area contributed by atoms with Gasteiger partial charge in [-0.1, -0.05) is 0 Å². The van der Waals surface area contributed by atoms with Gasteiger partial charge in [-0.15, -0.1) is 0 Å². The highest BCUT2D eigenvalue weighted by Crippen LogP contribution is 2.48. The molecular formula is C15H15F2N3O. The van der Waals surface area contributed by atoms with Crippen molar-refractivity contribution in [1.29, 1.82) is 0 Å². The van der Waals surface area contributed by atoms with Gasteiger partial charge in [-0.2, -0.15) is 5.10 Å². The van der Waals surface area contributed by atoms with Gasteiger partial charge in [-0.25, -0.2) is 8.78 Å². The van der Waals surface area contributed by atoms with Crippen molar-refractivity contribution < 1.29 is 13.6 Å². The number of aryl methyl sites for hydroxylation is 1. The molecule has 1 aromatic heterocycles. The molecule has 1 aliphatic rings. The van der Waals surface area contributed by atoms with Crippen molar-refractivity contribution in [3.63, 3.8) is 0 Å². The lowest BCUT2D eigenvalue weighted by molar-refractivity contribution is -0.119. The molecule has 1 heterocycles. The molecule has 0 N–H and O–H groups in total. The second-order valence-electron chi connectivity index (χ2n) is 5.39. The maximum atomic E-state index is 13.2. The van der Waals surface area contributed by atoms with Crippen LogP contribution in [0, 0.1) is 17.6 Å². The third-order valence-electron chi connectivity index (χ3n) is 3.88. The molecule has 0 aliphatic heterocycles. The van der Waals surface area contributed by atoms with Gasteiger partial charge < -0.3 is 4.90 Å². The molecule has 110 valence electrons. The Bertz CT molecular complexity index is 698. The molecule has 1 aromatic carbocycles. The summed E-state index contributed by atoms with van der Waals surface area (Å²) in [4.78, 5) is 13.8. The molecule has 0 saturated heterocycles.